The second kappa shape index (κ2) is 6.26. The van der Waals surface area contributed by atoms with E-state index in [-0.39, 0.29) is 11.1 Å². The minimum Gasteiger partial charge on any atom is -0.479 e. The van der Waals surface area contributed by atoms with Crippen molar-refractivity contribution in [2.24, 2.45) is 0 Å². The van der Waals surface area contributed by atoms with E-state index >= 15 is 0 Å². The zero-order valence-corrected chi connectivity index (χ0v) is 10.8. The molecule has 5 nitrogen and oxygen atoms in total. The normalized spacial score (nSPS) is 12.0. The van der Waals surface area contributed by atoms with Gasteiger partial charge in [-0.1, -0.05) is 29.8 Å². The van der Waals surface area contributed by atoms with Gasteiger partial charge in [-0.15, -0.1) is 0 Å². The van der Waals surface area contributed by atoms with E-state index in [1.807, 2.05) is 0 Å². The predicted octanol–water partition coefficient (Wildman–Crippen LogP) is 2.60. The van der Waals surface area contributed by atoms with Gasteiger partial charge in [0, 0.05) is 10.6 Å². The Labute approximate surface area is 110 Å². The number of halogens is 1. The van der Waals surface area contributed by atoms with Crippen LogP contribution in [0.1, 0.15) is 25.5 Å². The van der Waals surface area contributed by atoms with E-state index in [0.717, 1.165) is 0 Å². The Hall–Kier alpha value is -1.75. The van der Waals surface area contributed by atoms with Gasteiger partial charge in [0.1, 0.15) is 0 Å². The average molecular weight is 272 g/mol. The van der Waals surface area contributed by atoms with Crippen LogP contribution in [0.4, 0.5) is 4.79 Å². The summed E-state index contributed by atoms with van der Waals surface area (Å²) >= 11 is 5.90. The molecule has 1 rings (SSSR count). The summed E-state index contributed by atoms with van der Waals surface area (Å²) in [6, 6.07) is 5.19. The first-order chi connectivity index (χ1) is 8.41. The summed E-state index contributed by atoms with van der Waals surface area (Å²) in [6.45, 7) is 3.34. The first-order valence-electron chi connectivity index (χ1n) is 5.36. The molecule has 0 saturated heterocycles. The van der Waals surface area contributed by atoms with Crippen LogP contribution < -0.4 is 5.32 Å². The molecule has 0 radical (unpaired) electrons. The van der Waals surface area contributed by atoms with E-state index in [9.17, 15) is 9.59 Å². The van der Waals surface area contributed by atoms with Crippen molar-refractivity contribution in [2.75, 3.05) is 0 Å². The first-order valence-corrected chi connectivity index (χ1v) is 5.74. The van der Waals surface area contributed by atoms with Crippen molar-refractivity contribution in [3.63, 3.8) is 0 Å². The highest BCUT2D eigenvalue weighted by Gasteiger charge is 2.24. The third kappa shape index (κ3) is 3.92. The van der Waals surface area contributed by atoms with E-state index < -0.39 is 18.1 Å². The predicted molar refractivity (Wildman–Crippen MR) is 66.6 cm³/mol. The molecule has 0 spiro atoms. The maximum atomic E-state index is 11.4. The number of carboxylic acids is 1. The largest absolute Gasteiger partial charge is 0.479 e. The van der Waals surface area contributed by atoms with Gasteiger partial charge in [-0.05, 0) is 19.9 Å². The molecule has 0 saturated carbocycles. The van der Waals surface area contributed by atoms with Crippen molar-refractivity contribution in [3.8, 4) is 0 Å². The summed E-state index contributed by atoms with van der Waals surface area (Å²) in [6.07, 6.45) is -1.12. The second-order valence-corrected chi connectivity index (χ2v) is 4.30. The van der Waals surface area contributed by atoms with Gasteiger partial charge in [0.2, 0.25) is 0 Å². The highest BCUT2D eigenvalue weighted by atomic mass is 35.5. The summed E-state index contributed by atoms with van der Waals surface area (Å²) in [5.41, 5.74) is 0.312. The van der Waals surface area contributed by atoms with Crippen LogP contribution in [0.25, 0.3) is 0 Å². The number of hydrogen-bond acceptors (Lipinski definition) is 3. The fraction of sp³-hybridized carbons (Fsp3) is 0.333. The maximum Gasteiger partial charge on any atom is 0.408 e. The fourth-order valence-electron chi connectivity index (χ4n) is 1.35. The number of rotatable bonds is 4. The van der Waals surface area contributed by atoms with Crippen LogP contribution in [-0.2, 0) is 9.53 Å². The van der Waals surface area contributed by atoms with Crippen LogP contribution >= 0.6 is 11.6 Å². The monoisotopic (exact) mass is 271 g/mol. The number of amides is 1. The summed E-state index contributed by atoms with van der Waals surface area (Å²) in [4.78, 5) is 22.6. The van der Waals surface area contributed by atoms with E-state index in [1.54, 1.807) is 32.0 Å². The molecule has 0 heterocycles. The highest BCUT2D eigenvalue weighted by molar-refractivity contribution is 6.31. The molecule has 98 valence electrons. The van der Waals surface area contributed by atoms with E-state index in [2.05, 4.69) is 5.32 Å². The van der Waals surface area contributed by atoms with Gasteiger partial charge in [-0.25, -0.2) is 9.59 Å². The average Bonchev–Trinajstić information content (AvgIpc) is 2.25. The van der Waals surface area contributed by atoms with E-state index in [1.165, 1.54) is 6.07 Å². The molecule has 1 amide bonds. The molecule has 0 unspecified atom stereocenters. The Morgan fingerprint density at radius 1 is 1.33 bits per heavy atom. The highest BCUT2D eigenvalue weighted by Crippen LogP contribution is 2.22. The third-order valence-corrected chi connectivity index (χ3v) is 2.41. The van der Waals surface area contributed by atoms with Gasteiger partial charge in [0.15, 0.2) is 6.04 Å². The van der Waals surface area contributed by atoms with Crippen molar-refractivity contribution in [1.29, 1.82) is 0 Å². The number of carboxylic acid groups (broad SMARTS) is 1. The standard InChI is InChI=1S/C12H14ClNO4/c1-7(2)18-12(17)14-10(11(15)16)8-5-3-4-6-9(8)13/h3-7,10H,1-2H3,(H,14,17)(H,15,16)/t10-/m1/s1. The van der Waals surface area contributed by atoms with Crippen LogP contribution in [-0.4, -0.2) is 23.3 Å². The molecular weight excluding hydrogens is 258 g/mol. The van der Waals surface area contributed by atoms with Gasteiger partial charge < -0.3 is 15.2 Å². The van der Waals surface area contributed by atoms with Crippen LogP contribution in [0, 0.1) is 0 Å². The fourth-order valence-corrected chi connectivity index (χ4v) is 1.59. The van der Waals surface area contributed by atoms with E-state index in [4.69, 9.17) is 21.4 Å². The van der Waals surface area contributed by atoms with E-state index in [0.29, 0.717) is 5.56 Å². The molecule has 18 heavy (non-hydrogen) atoms. The molecule has 1 aromatic carbocycles. The Bertz CT molecular complexity index is 447. The summed E-state index contributed by atoms with van der Waals surface area (Å²) in [5, 5.41) is 11.6. The van der Waals surface area contributed by atoms with Gasteiger partial charge >= 0.3 is 12.1 Å². The Kier molecular flexibility index (Phi) is 4.97. The summed E-state index contributed by atoms with van der Waals surface area (Å²) < 4.78 is 4.84. The number of alkyl carbamates (subject to hydrolysis) is 1. The Morgan fingerprint density at radius 2 is 1.94 bits per heavy atom. The molecule has 0 aliphatic carbocycles. The molecule has 0 fully saturated rings. The van der Waals surface area contributed by atoms with Crippen molar-refractivity contribution < 1.29 is 19.4 Å². The summed E-state index contributed by atoms with van der Waals surface area (Å²) in [5.74, 6) is -1.20. The van der Waals surface area contributed by atoms with Crippen molar-refractivity contribution in [2.45, 2.75) is 26.0 Å². The molecule has 2 N–H and O–H groups in total. The molecular formula is C12H14ClNO4. The topological polar surface area (TPSA) is 75.6 Å². The summed E-state index contributed by atoms with van der Waals surface area (Å²) in [7, 11) is 0. The molecule has 0 aliphatic rings. The molecule has 6 heteroatoms. The molecule has 1 atom stereocenters. The lowest BCUT2D eigenvalue weighted by Crippen LogP contribution is -2.35. The lowest BCUT2D eigenvalue weighted by Gasteiger charge is -2.17. The van der Waals surface area contributed by atoms with Gasteiger partial charge in [-0.2, -0.15) is 0 Å². The number of hydrogen-bond donors (Lipinski definition) is 2. The van der Waals surface area contributed by atoms with Crippen LogP contribution in [0.2, 0.25) is 5.02 Å². The zero-order valence-electron chi connectivity index (χ0n) is 10.0. The SMILES string of the molecule is CC(C)OC(=O)N[C@@H](C(=O)O)c1ccccc1Cl. The number of aliphatic carboxylic acids is 1. The van der Waals surface area contributed by atoms with Crippen molar-refractivity contribution >= 4 is 23.7 Å². The Morgan fingerprint density at radius 3 is 2.44 bits per heavy atom. The number of nitrogens with one attached hydrogen (secondary N) is 1. The Balaban J connectivity index is 2.88. The lowest BCUT2D eigenvalue weighted by molar-refractivity contribution is -0.139. The minimum atomic E-state index is -1.23. The first kappa shape index (κ1) is 14.3. The number of carbonyl (C=O) groups excluding carboxylic acids is 1. The smallest absolute Gasteiger partial charge is 0.408 e. The molecule has 0 aromatic heterocycles. The minimum absolute atomic E-state index is 0.273. The van der Waals surface area contributed by atoms with Crippen LogP contribution in [0.5, 0.6) is 0 Å². The molecule has 0 aliphatic heterocycles. The van der Waals surface area contributed by atoms with Crippen LogP contribution in [0.15, 0.2) is 24.3 Å². The van der Waals surface area contributed by atoms with Gasteiger partial charge in [-0.3, -0.25) is 0 Å². The van der Waals surface area contributed by atoms with Gasteiger partial charge in [0.05, 0.1) is 6.10 Å². The second-order valence-electron chi connectivity index (χ2n) is 3.89. The van der Waals surface area contributed by atoms with Gasteiger partial charge in [0.25, 0.3) is 0 Å². The van der Waals surface area contributed by atoms with Crippen LogP contribution in [0.3, 0.4) is 0 Å². The van der Waals surface area contributed by atoms with Crippen molar-refractivity contribution in [3.05, 3.63) is 34.9 Å². The lowest BCUT2D eigenvalue weighted by atomic mass is 10.1. The number of ether oxygens (including phenoxy) is 1. The molecule has 1 aromatic rings. The van der Waals surface area contributed by atoms with Crippen molar-refractivity contribution in [1.82, 2.24) is 5.32 Å². The molecule has 0 bridgehead atoms. The zero-order chi connectivity index (χ0) is 13.7. The third-order valence-electron chi connectivity index (χ3n) is 2.07. The maximum absolute atomic E-state index is 11.4. The number of carbonyl (C=O) groups is 2. The number of benzene rings is 1. The quantitative estimate of drug-likeness (QED) is 0.883.